The highest BCUT2D eigenvalue weighted by Gasteiger charge is 2.41. The van der Waals surface area contributed by atoms with Gasteiger partial charge in [0.15, 0.2) is 0 Å². The van der Waals surface area contributed by atoms with Crippen LogP contribution in [0.3, 0.4) is 0 Å². The Balaban J connectivity index is 1.82. The van der Waals surface area contributed by atoms with Crippen LogP contribution in [0.15, 0.2) is 0 Å². The Morgan fingerprint density at radius 3 is 2.71 bits per heavy atom. The van der Waals surface area contributed by atoms with Crippen LogP contribution in [0, 0.1) is 0 Å². The van der Waals surface area contributed by atoms with Gasteiger partial charge in [0.2, 0.25) is 5.91 Å². The van der Waals surface area contributed by atoms with Crippen LogP contribution in [0.5, 0.6) is 0 Å². The van der Waals surface area contributed by atoms with Crippen LogP contribution in [-0.2, 0) is 4.79 Å². The average Bonchev–Trinajstić information content (AvgIpc) is 2.47. The fourth-order valence-corrected chi connectivity index (χ4v) is 3.18. The maximum absolute atomic E-state index is 11.8. The van der Waals surface area contributed by atoms with Gasteiger partial charge in [0, 0.05) is 17.0 Å². The van der Waals surface area contributed by atoms with Crippen molar-refractivity contribution in [3.05, 3.63) is 0 Å². The number of carbonyl (C=O) groups excluding carboxylic acids is 1. The molecule has 1 heterocycles. The quantitative estimate of drug-likeness (QED) is 0.717. The molecule has 3 nitrogen and oxygen atoms in total. The lowest BCUT2D eigenvalue weighted by molar-refractivity contribution is -0.129. The number of thioether (sulfide) groups is 1. The molecule has 4 heteroatoms. The summed E-state index contributed by atoms with van der Waals surface area (Å²) in [6.45, 7) is 2.21. The van der Waals surface area contributed by atoms with Crippen molar-refractivity contribution in [3.8, 4) is 0 Å². The summed E-state index contributed by atoms with van der Waals surface area (Å²) in [4.78, 5) is 11.8. The minimum atomic E-state index is -0.531. The van der Waals surface area contributed by atoms with Gasteiger partial charge in [-0.05, 0) is 25.7 Å². The van der Waals surface area contributed by atoms with Gasteiger partial charge in [0.1, 0.15) is 0 Å². The normalized spacial score (nSPS) is 35.0. The molecule has 0 spiro atoms. The maximum Gasteiger partial charge on any atom is 0.240 e. The number of hydrogen-bond donors (Lipinski definition) is 2. The smallest absolute Gasteiger partial charge is 0.240 e. The minimum Gasteiger partial charge on any atom is -0.351 e. The first kappa shape index (κ1) is 10.3. The summed E-state index contributed by atoms with van der Waals surface area (Å²) in [5.41, 5.74) is 5.41. The lowest BCUT2D eigenvalue weighted by Gasteiger charge is -2.37. The lowest BCUT2D eigenvalue weighted by Crippen LogP contribution is -2.60. The van der Waals surface area contributed by atoms with Crippen LogP contribution in [0.25, 0.3) is 0 Å². The number of carbonyl (C=O) groups is 1. The van der Waals surface area contributed by atoms with Crippen molar-refractivity contribution in [3.63, 3.8) is 0 Å². The molecule has 2 atom stereocenters. The first-order chi connectivity index (χ1) is 6.60. The van der Waals surface area contributed by atoms with E-state index < -0.39 is 5.54 Å². The van der Waals surface area contributed by atoms with E-state index in [2.05, 4.69) is 12.2 Å². The molecule has 2 aliphatic rings. The molecule has 2 rings (SSSR count). The van der Waals surface area contributed by atoms with E-state index in [0.717, 1.165) is 31.4 Å². The second kappa shape index (κ2) is 3.74. The van der Waals surface area contributed by atoms with Crippen molar-refractivity contribution in [1.29, 1.82) is 0 Å². The van der Waals surface area contributed by atoms with Gasteiger partial charge in [-0.2, -0.15) is 11.8 Å². The van der Waals surface area contributed by atoms with E-state index in [9.17, 15) is 4.79 Å². The van der Waals surface area contributed by atoms with E-state index in [1.165, 1.54) is 0 Å². The summed E-state index contributed by atoms with van der Waals surface area (Å²) in [6, 6.07) is 0.350. The number of rotatable bonds is 2. The van der Waals surface area contributed by atoms with Crippen LogP contribution in [0.1, 0.15) is 32.6 Å². The molecule has 0 aromatic heterocycles. The molecule has 80 valence electrons. The number of nitrogens with one attached hydrogen (secondary N) is 1. The first-order valence-corrected chi connectivity index (χ1v) is 6.36. The van der Waals surface area contributed by atoms with E-state index in [0.29, 0.717) is 11.3 Å². The van der Waals surface area contributed by atoms with E-state index in [4.69, 9.17) is 5.73 Å². The third-order valence-electron chi connectivity index (χ3n) is 3.23. The lowest BCUT2D eigenvalue weighted by atomic mass is 9.77. The van der Waals surface area contributed by atoms with Gasteiger partial charge >= 0.3 is 0 Å². The molecule has 1 saturated carbocycles. The highest BCUT2D eigenvalue weighted by Crippen LogP contribution is 2.31. The number of amides is 1. The van der Waals surface area contributed by atoms with Gasteiger partial charge in [-0.3, -0.25) is 4.79 Å². The van der Waals surface area contributed by atoms with Gasteiger partial charge in [-0.25, -0.2) is 0 Å². The molecule has 14 heavy (non-hydrogen) atoms. The van der Waals surface area contributed by atoms with Gasteiger partial charge in [-0.1, -0.05) is 6.92 Å². The van der Waals surface area contributed by atoms with Gasteiger partial charge in [-0.15, -0.1) is 0 Å². The SMILES string of the molecule is CC1CC(NC(=O)C2(N)CCC2)CS1. The van der Waals surface area contributed by atoms with Crippen molar-refractivity contribution >= 4 is 17.7 Å². The Labute approximate surface area is 89.2 Å². The molecule has 2 fully saturated rings. The average molecular weight is 214 g/mol. The van der Waals surface area contributed by atoms with E-state index in [-0.39, 0.29) is 5.91 Å². The Morgan fingerprint density at radius 2 is 2.29 bits per heavy atom. The molecule has 1 amide bonds. The molecule has 0 bridgehead atoms. The van der Waals surface area contributed by atoms with Crippen molar-refractivity contribution in [1.82, 2.24) is 5.32 Å². The third kappa shape index (κ3) is 1.91. The Bertz CT molecular complexity index is 240. The summed E-state index contributed by atoms with van der Waals surface area (Å²) in [5, 5.41) is 3.74. The molecule has 1 saturated heterocycles. The molecule has 0 aromatic carbocycles. The zero-order chi connectivity index (χ0) is 10.2. The summed E-state index contributed by atoms with van der Waals surface area (Å²) in [6.07, 6.45) is 3.90. The van der Waals surface area contributed by atoms with Gasteiger partial charge in [0.05, 0.1) is 5.54 Å². The summed E-state index contributed by atoms with van der Waals surface area (Å²) < 4.78 is 0. The summed E-state index contributed by atoms with van der Waals surface area (Å²) in [7, 11) is 0. The fraction of sp³-hybridized carbons (Fsp3) is 0.900. The highest BCUT2D eigenvalue weighted by atomic mass is 32.2. The van der Waals surface area contributed by atoms with Crippen LogP contribution < -0.4 is 11.1 Å². The highest BCUT2D eigenvalue weighted by molar-refractivity contribution is 8.00. The zero-order valence-corrected chi connectivity index (χ0v) is 9.40. The predicted octanol–water partition coefficient (Wildman–Crippen LogP) is 0.878. The molecule has 2 unspecified atom stereocenters. The molecular formula is C10H18N2OS. The number of hydrogen-bond acceptors (Lipinski definition) is 3. The van der Waals surface area contributed by atoms with Crippen molar-refractivity contribution in [2.24, 2.45) is 5.73 Å². The van der Waals surface area contributed by atoms with E-state index >= 15 is 0 Å². The molecule has 1 aliphatic carbocycles. The third-order valence-corrected chi connectivity index (χ3v) is 4.59. The Hall–Kier alpha value is -0.220. The second-order valence-electron chi connectivity index (χ2n) is 4.56. The van der Waals surface area contributed by atoms with Gasteiger partial charge in [0.25, 0.3) is 0 Å². The van der Waals surface area contributed by atoms with Crippen LogP contribution in [0.4, 0.5) is 0 Å². The van der Waals surface area contributed by atoms with E-state index in [1.807, 2.05) is 11.8 Å². The van der Waals surface area contributed by atoms with Crippen LogP contribution >= 0.6 is 11.8 Å². The van der Waals surface area contributed by atoms with Crippen molar-refractivity contribution in [2.75, 3.05) is 5.75 Å². The Morgan fingerprint density at radius 1 is 1.57 bits per heavy atom. The van der Waals surface area contributed by atoms with Crippen molar-refractivity contribution in [2.45, 2.75) is 49.4 Å². The molecule has 1 aliphatic heterocycles. The fourth-order valence-electron chi connectivity index (χ4n) is 2.03. The summed E-state index contributed by atoms with van der Waals surface area (Å²) in [5.74, 6) is 1.12. The largest absolute Gasteiger partial charge is 0.351 e. The predicted molar refractivity (Wildman–Crippen MR) is 59.2 cm³/mol. The zero-order valence-electron chi connectivity index (χ0n) is 8.58. The standard InChI is InChI=1S/C10H18N2OS/c1-7-5-8(6-14-7)12-9(13)10(11)3-2-4-10/h7-8H,2-6,11H2,1H3,(H,12,13). The Kier molecular flexibility index (Phi) is 2.75. The second-order valence-corrected chi connectivity index (χ2v) is 6.03. The topological polar surface area (TPSA) is 55.1 Å². The number of nitrogens with two attached hydrogens (primary N) is 1. The molecule has 0 aromatic rings. The van der Waals surface area contributed by atoms with Crippen LogP contribution in [-0.4, -0.2) is 28.5 Å². The van der Waals surface area contributed by atoms with E-state index in [1.54, 1.807) is 0 Å². The van der Waals surface area contributed by atoms with Crippen molar-refractivity contribution < 1.29 is 4.79 Å². The minimum absolute atomic E-state index is 0.0726. The van der Waals surface area contributed by atoms with Crippen LogP contribution in [0.2, 0.25) is 0 Å². The summed E-state index contributed by atoms with van der Waals surface area (Å²) >= 11 is 1.93. The molecule has 0 radical (unpaired) electrons. The molecular weight excluding hydrogens is 196 g/mol. The van der Waals surface area contributed by atoms with Gasteiger partial charge < -0.3 is 11.1 Å². The monoisotopic (exact) mass is 214 g/mol. The molecule has 3 N–H and O–H groups in total. The first-order valence-electron chi connectivity index (χ1n) is 5.32. The maximum atomic E-state index is 11.8.